The zero-order chi connectivity index (χ0) is 38.8. The van der Waals surface area contributed by atoms with Crippen molar-refractivity contribution in [2.24, 2.45) is 0 Å². The van der Waals surface area contributed by atoms with Crippen LogP contribution in [0.15, 0.2) is 72.9 Å². The van der Waals surface area contributed by atoms with Gasteiger partial charge in [0.1, 0.15) is 13.2 Å². The summed E-state index contributed by atoms with van der Waals surface area (Å²) in [5.41, 5.74) is 0. The Morgan fingerprint density at radius 1 is 0.750 bits per heavy atom. The van der Waals surface area contributed by atoms with Crippen molar-refractivity contribution in [3.05, 3.63) is 72.9 Å². The molecule has 2 unspecified atom stereocenters. The number of aliphatic hydroxyl groups excluding tert-OH is 2. The number of carbonyl (C=O) groups is 1. The fourth-order valence-electron chi connectivity index (χ4n) is 5.06. The number of nitrogens with zero attached hydrogens (tertiary/aromatic N) is 1. The Labute approximate surface area is 317 Å². The minimum absolute atomic E-state index is 0.0400. The summed E-state index contributed by atoms with van der Waals surface area (Å²) in [5.74, 6) is -0.363. The molecule has 0 fully saturated rings. The average molecular weight is 751 g/mol. The van der Waals surface area contributed by atoms with Gasteiger partial charge in [-0.2, -0.15) is 0 Å². The maximum atomic E-state index is 12.8. The van der Waals surface area contributed by atoms with E-state index >= 15 is 0 Å². The summed E-state index contributed by atoms with van der Waals surface area (Å²) >= 11 is 0. The van der Waals surface area contributed by atoms with Crippen LogP contribution in [0.3, 0.4) is 0 Å². The van der Waals surface area contributed by atoms with E-state index in [1.54, 1.807) is 18.2 Å². The van der Waals surface area contributed by atoms with E-state index in [1.165, 1.54) is 51.4 Å². The summed E-state index contributed by atoms with van der Waals surface area (Å²) in [4.78, 5) is 25.2. The minimum Gasteiger partial charge on any atom is -0.756 e. The Morgan fingerprint density at radius 3 is 1.92 bits per heavy atom. The Hall–Kier alpha value is -2.10. The highest BCUT2D eigenvalue weighted by atomic mass is 31.2. The molecule has 9 nitrogen and oxygen atoms in total. The number of allylic oxidation sites excluding steroid dienone is 10. The quantitative estimate of drug-likeness (QED) is 0.0197. The topological polar surface area (TPSA) is 128 Å². The number of phosphoric acid groups is 1. The standard InChI is InChI=1S/C42H75N2O7P/c1-6-8-10-12-14-16-18-20-21-23-25-27-29-32-39(45)33-31-35-42(47)43-40(38-51-52(48,49)50-37-36-44(3,4)5)41(46)34-30-28-26-24-22-19-17-15-13-11-9-7-2/h8,10,14,16,20-21,25,27,29-30,32,34,39-41,45-46H,6-7,9,11-13,15,17-19,22-24,26,28,31,33,35-38H2,1-5H3,(H-,43,47,48,49)/b10-8-,16-14-,21-20-,27-25-,32-29+,34-30+/t39?,40-,41+/m0/s1. The zero-order valence-electron chi connectivity index (χ0n) is 33.3. The number of rotatable bonds is 34. The lowest BCUT2D eigenvalue weighted by atomic mass is 10.1. The van der Waals surface area contributed by atoms with Crippen LogP contribution in [0.25, 0.3) is 0 Å². The first-order chi connectivity index (χ1) is 24.9. The molecule has 0 bridgehead atoms. The Morgan fingerprint density at radius 2 is 1.33 bits per heavy atom. The van der Waals surface area contributed by atoms with Crippen molar-refractivity contribution in [1.29, 1.82) is 0 Å². The van der Waals surface area contributed by atoms with Crippen molar-refractivity contribution in [1.82, 2.24) is 5.32 Å². The molecule has 0 aliphatic rings. The van der Waals surface area contributed by atoms with E-state index in [2.05, 4.69) is 55.6 Å². The second-order valence-electron chi connectivity index (χ2n) is 14.5. The second-order valence-corrected chi connectivity index (χ2v) is 15.9. The first kappa shape index (κ1) is 49.9. The first-order valence-corrected chi connectivity index (χ1v) is 21.4. The molecule has 0 radical (unpaired) electrons. The summed E-state index contributed by atoms with van der Waals surface area (Å²) < 4.78 is 23.0. The van der Waals surface area contributed by atoms with Crippen LogP contribution in [-0.4, -0.2) is 79.8 Å². The van der Waals surface area contributed by atoms with Crippen molar-refractivity contribution < 1.29 is 38.0 Å². The largest absolute Gasteiger partial charge is 0.756 e. The van der Waals surface area contributed by atoms with E-state index in [0.717, 1.165) is 44.9 Å². The van der Waals surface area contributed by atoms with Crippen molar-refractivity contribution in [2.45, 2.75) is 148 Å². The van der Waals surface area contributed by atoms with E-state index in [9.17, 15) is 24.5 Å². The number of nitrogens with one attached hydrogen (secondary N) is 1. The van der Waals surface area contributed by atoms with Gasteiger partial charge in [0.15, 0.2) is 0 Å². The van der Waals surface area contributed by atoms with E-state index in [0.29, 0.717) is 23.9 Å². The predicted molar refractivity (Wildman–Crippen MR) is 216 cm³/mol. The fraction of sp³-hybridized carbons (Fsp3) is 0.690. The van der Waals surface area contributed by atoms with Gasteiger partial charge in [0.2, 0.25) is 5.91 Å². The van der Waals surface area contributed by atoms with Gasteiger partial charge in [0.05, 0.1) is 46.0 Å². The predicted octanol–water partition coefficient (Wildman–Crippen LogP) is 8.80. The lowest BCUT2D eigenvalue weighted by Crippen LogP contribution is -2.45. The van der Waals surface area contributed by atoms with Crippen molar-refractivity contribution in [3.8, 4) is 0 Å². The maximum Gasteiger partial charge on any atom is 0.268 e. The molecule has 0 saturated heterocycles. The molecule has 0 saturated carbocycles. The summed E-state index contributed by atoms with van der Waals surface area (Å²) in [6, 6.07) is -0.983. The minimum atomic E-state index is -4.64. The van der Waals surface area contributed by atoms with E-state index < -0.39 is 32.7 Å². The van der Waals surface area contributed by atoms with Gasteiger partial charge < -0.3 is 34.0 Å². The second kappa shape index (κ2) is 33.5. The highest BCUT2D eigenvalue weighted by Gasteiger charge is 2.23. The molecule has 52 heavy (non-hydrogen) atoms. The highest BCUT2D eigenvalue weighted by Crippen LogP contribution is 2.38. The number of phosphoric ester groups is 1. The Balaban J connectivity index is 4.75. The van der Waals surface area contributed by atoms with Gasteiger partial charge in [-0.25, -0.2) is 0 Å². The van der Waals surface area contributed by atoms with Crippen LogP contribution in [0.1, 0.15) is 129 Å². The Kier molecular flexibility index (Phi) is 32.1. The molecule has 0 aromatic rings. The highest BCUT2D eigenvalue weighted by molar-refractivity contribution is 7.45. The lowest BCUT2D eigenvalue weighted by Gasteiger charge is -2.29. The Bertz CT molecular complexity index is 1090. The van der Waals surface area contributed by atoms with Gasteiger partial charge in [0, 0.05) is 6.42 Å². The number of likely N-dealkylation sites (N-methyl/N-ethyl adjacent to an activating group) is 1. The average Bonchev–Trinajstić information content (AvgIpc) is 3.08. The SMILES string of the molecule is CC/C=C\C/C=C\C/C=C\C/C=C\C=C\C(O)CCCC(=O)N[C@@H](COP(=O)([O-])OCC[N+](C)(C)C)[C@H](O)/C=C/CCCCCCCCCCCC. The number of amides is 1. The molecular weight excluding hydrogens is 675 g/mol. The molecule has 0 aliphatic heterocycles. The van der Waals surface area contributed by atoms with Gasteiger partial charge >= 0.3 is 0 Å². The van der Waals surface area contributed by atoms with Crippen LogP contribution >= 0.6 is 7.82 Å². The van der Waals surface area contributed by atoms with Crippen molar-refractivity contribution in [2.75, 3.05) is 40.9 Å². The lowest BCUT2D eigenvalue weighted by molar-refractivity contribution is -0.870. The number of hydrogen-bond donors (Lipinski definition) is 3. The zero-order valence-corrected chi connectivity index (χ0v) is 34.2. The monoisotopic (exact) mass is 751 g/mol. The molecule has 1 amide bonds. The molecule has 0 aromatic carbocycles. The van der Waals surface area contributed by atoms with Crippen LogP contribution < -0.4 is 10.2 Å². The molecule has 4 atom stereocenters. The summed E-state index contributed by atoms with van der Waals surface area (Å²) in [7, 11) is 1.13. The smallest absolute Gasteiger partial charge is 0.268 e. The van der Waals surface area contributed by atoms with Crippen LogP contribution in [0.2, 0.25) is 0 Å². The van der Waals surface area contributed by atoms with Gasteiger partial charge in [-0.3, -0.25) is 9.36 Å². The third kappa shape index (κ3) is 35.0. The molecule has 0 heterocycles. The normalized spacial score (nSPS) is 15.9. The number of carbonyl (C=O) groups excluding carboxylic acids is 1. The van der Waals surface area contributed by atoms with Crippen molar-refractivity contribution in [3.63, 3.8) is 0 Å². The van der Waals surface area contributed by atoms with Gasteiger partial charge in [-0.15, -0.1) is 0 Å². The molecule has 300 valence electrons. The number of hydrogen-bond acceptors (Lipinski definition) is 7. The van der Waals surface area contributed by atoms with Gasteiger partial charge in [-0.05, 0) is 51.4 Å². The van der Waals surface area contributed by atoms with Crippen LogP contribution in [0.5, 0.6) is 0 Å². The fourth-order valence-corrected chi connectivity index (χ4v) is 5.78. The molecular formula is C42H75N2O7P. The van der Waals surface area contributed by atoms with E-state index in [1.807, 2.05) is 39.4 Å². The molecule has 0 spiro atoms. The summed E-state index contributed by atoms with van der Waals surface area (Å²) in [5, 5.41) is 23.9. The molecule has 10 heteroatoms. The number of aliphatic hydroxyl groups is 2. The third-order valence-electron chi connectivity index (χ3n) is 8.28. The molecule has 0 rings (SSSR count). The van der Waals surface area contributed by atoms with E-state index in [-0.39, 0.29) is 18.9 Å². The number of quaternary nitrogens is 1. The van der Waals surface area contributed by atoms with Crippen LogP contribution in [0, 0.1) is 0 Å². The third-order valence-corrected chi connectivity index (χ3v) is 9.24. The maximum absolute atomic E-state index is 12.8. The van der Waals surface area contributed by atoms with Crippen molar-refractivity contribution >= 4 is 13.7 Å². The first-order valence-electron chi connectivity index (χ1n) is 19.9. The van der Waals surface area contributed by atoms with Gasteiger partial charge in [-0.1, -0.05) is 145 Å². The molecule has 0 aromatic heterocycles. The number of unbranched alkanes of at least 4 members (excludes halogenated alkanes) is 10. The van der Waals surface area contributed by atoms with E-state index in [4.69, 9.17) is 9.05 Å². The summed E-state index contributed by atoms with van der Waals surface area (Å²) in [6.45, 7) is 4.32. The van der Waals surface area contributed by atoms with Crippen LogP contribution in [-0.2, 0) is 18.4 Å². The van der Waals surface area contributed by atoms with Crippen LogP contribution in [0.4, 0.5) is 0 Å². The molecule has 0 aliphatic carbocycles. The van der Waals surface area contributed by atoms with Gasteiger partial charge in [0.25, 0.3) is 7.82 Å². The molecule has 3 N–H and O–H groups in total. The summed E-state index contributed by atoms with van der Waals surface area (Å²) in [6.07, 6.45) is 39.7.